The van der Waals surface area contributed by atoms with E-state index in [2.05, 4.69) is 13.8 Å². The van der Waals surface area contributed by atoms with Crippen LogP contribution in [0.1, 0.15) is 26.7 Å². The van der Waals surface area contributed by atoms with Crippen molar-refractivity contribution in [1.82, 2.24) is 0 Å². The van der Waals surface area contributed by atoms with Crippen LogP contribution < -0.4 is 0 Å². The molecule has 0 aliphatic heterocycles. The van der Waals surface area contributed by atoms with Gasteiger partial charge in [-0.05, 0) is 6.42 Å². The van der Waals surface area contributed by atoms with Gasteiger partial charge in [-0.1, -0.05) is 20.3 Å². The van der Waals surface area contributed by atoms with Crippen molar-refractivity contribution in [3.05, 3.63) is 0 Å². The van der Waals surface area contributed by atoms with E-state index >= 15 is 0 Å². The third kappa shape index (κ3) is 3.43. The lowest BCUT2D eigenvalue weighted by Gasteiger charge is -2.24. The van der Waals surface area contributed by atoms with E-state index < -0.39 is 9.28 Å². The zero-order chi connectivity index (χ0) is 9.56. The molecule has 0 aliphatic rings. The van der Waals surface area contributed by atoms with Gasteiger partial charge in [-0.2, -0.15) is 0 Å². The molecule has 12 heavy (non-hydrogen) atoms. The molecular formula is C8H19ClO2Si. The number of hydrogen-bond acceptors (Lipinski definition) is 2. The Balaban J connectivity index is 4.09. The Kier molecular flexibility index (Phi) is 7.14. The fraction of sp³-hybridized carbons (Fsp3) is 1.00. The first-order valence-corrected chi connectivity index (χ1v) is 6.45. The highest BCUT2D eigenvalue weighted by molar-refractivity contribution is 6.48. The third-order valence-electron chi connectivity index (χ3n) is 2.14. The first-order chi connectivity index (χ1) is 5.71. The number of rotatable bonds is 6. The summed E-state index contributed by atoms with van der Waals surface area (Å²) in [5, 5.41) is 0.201. The predicted molar refractivity (Wildman–Crippen MR) is 55.1 cm³/mol. The van der Waals surface area contributed by atoms with Crippen molar-refractivity contribution in [3.63, 3.8) is 0 Å². The van der Waals surface area contributed by atoms with E-state index in [0.29, 0.717) is 5.54 Å². The quantitative estimate of drug-likeness (QED) is 0.495. The van der Waals surface area contributed by atoms with Gasteiger partial charge in [0.25, 0.3) is 0 Å². The van der Waals surface area contributed by atoms with E-state index in [1.807, 2.05) is 0 Å². The molecule has 0 spiro atoms. The zero-order valence-corrected chi connectivity index (χ0v) is 10.3. The maximum Gasteiger partial charge on any atom is 0.325 e. The maximum absolute atomic E-state index is 6.16. The molecule has 0 rings (SSSR count). The summed E-state index contributed by atoms with van der Waals surface area (Å²) in [7, 11) is 1.91. The zero-order valence-electron chi connectivity index (χ0n) is 8.34. The van der Waals surface area contributed by atoms with E-state index in [0.717, 1.165) is 12.8 Å². The molecule has 0 aliphatic carbocycles. The first-order valence-electron chi connectivity index (χ1n) is 4.40. The van der Waals surface area contributed by atoms with Crippen molar-refractivity contribution in [2.75, 3.05) is 14.2 Å². The average Bonchev–Trinajstić information content (AvgIpc) is 2.12. The lowest BCUT2D eigenvalue weighted by Crippen LogP contribution is -2.31. The summed E-state index contributed by atoms with van der Waals surface area (Å²) < 4.78 is 10.6. The summed E-state index contributed by atoms with van der Waals surface area (Å²) >= 11 is 6.16. The van der Waals surface area contributed by atoms with Gasteiger partial charge in [0, 0.05) is 25.1 Å². The third-order valence-corrected chi connectivity index (χ3v) is 5.58. The molecule has 4 heteroatoms. The van der Waals surface area contributed by atoms with Gasteiger partial charge < -0.3 is 8.85 Å². The monoisotopic (exact) mass is 210 g/mol. The largest absolute Gasteiger partial charge is 0.400 e. The Labute approximate surface area is 82.0 Å². The van der Waals surface area contributed by atoms with Crippen LogP contribution in [-0.2, 0) is 8.85 Å². The molecular weight excluding hydrogens is 192 g/mol. The van der Waals surface area contributed by atoms with Crippen LogP contribution in [0.4, 0.5) is 0 Å². The van der Waals surface area contributed by atoms with E-state index in [9.17, 15) is 0 Å². The summed E-state index contributed by atoms with van der Waals surface area (Å²) in [4.78, 5) is 0. The van der Waals surface area contributed by atoms with Crippen LogP contribution in [0.25, 0.3) is 0 Å². The molecule has 0 aromatic carbocycles. The van der Waals surface area contributed by atoms with Crippen LogP contribution in [0.15, 0.2) is 0 Å². The first kappa shape index (κ1) is 12.4. The van der Waals surface area contributed by atoms with Gasteiger partial charge in [0.05, 0.1) is 0 Å². The van der Waals surface area contributed by atoms with Crippen molar-refractivity contribution in [1.29, 1.82) is 0 Å². The van der Waals surface area contributed by atoms with Crippen LogP contribution in [0, 0.1) is 0 Å². The van der Waals surface area contributed by atoms with Gasteiger partial charge in [0.1, 0.15) is 0 Å². The SMILES string of the molecule is CCC(Cl)C(CC)[SiH](OC)OC. The highest BCUT2D eigenvalue weighted by Gasteiger charge is 2.28. The summed E-state index contributed by atoms with van der Waals surface area (Å²) in [6.45, 7) is 4.23. The topological polar surface area (TPSA) is 18.5 Å². The Hall–Kier alpha value is 0.427. The van der Waals surface area contributed by atoms with Gasteiger partial charge >= 0.3 is 9.28 Å². The second-order valence-corrected chi connectivity index (χ2v) is 5.93. The molecule has 0 saturated carbocycles. The molecule has 0 aromatic rings. The highest BCUT2D eigenvalue weighted by Crippen LogP contribution is 2.27. The van der Waals surface area contributed by atoms with Gasteiger partial charge in [-0.15, -0.1) is 11.6 Å². The summed E-state index contributed by atoms with van der Waals surface area (Å²) in [6.07, 6.45) is 2.02. The van der Waals surface area contributed by atoms with Gasteiger partial charge in [0.15, 0.2) is 0 Å². The Bertz CT molecular complexity index is 109. The minimum absolute atomic E-state index is 0.201. The molecule has 74 valence electrons. The molecule has 2 nitrogen and oxygen atoms in total. The minimum atomic E-state index is -1.51. The van der Waals surface area contributed by atoms with Gasteiger partial charge in [-0.3, -0.25) is 0 Å². The van der Waals surface area contributed by atoms with Gasteiger partial charge in [-0.25, -0.2) is 0 Å². The van der Waals surface area contributed by atoms with Crippen molar-refractivity contribution >= 4 is 20.9 Å². The van der Waals surface area contributed by atoms with Crippen LogP contribution in [-0.4, -0.2) is 28.9 Å². The molecule has 2 unspecified atom stereocenters. The lowest BCUT2D eigenvalue weighted by molar-refractivity contribution is 0.261. The van der Waals surface area contributed by atoms with Crippen molar-refractivity contribution in [2.45, 2.75) is 37.6 Å². The molecule has 0 saturated heterocycles. The molecule has 0 amide bonds. The van der Waals surface area contributed by atoms with Crippen LogP contribution in [0.2, 0.25) is 5.54 Å². The van der Waals surface area contributed by atoms with Crippen LogP contribution >= 0.6 is 11.6 Å². The average molecular weight is 211 g/mol. The fourth-order valence-electron chi connectivity index (χ4n) is 1.37. The Morgan fingerprint density at radius 1 is 1.17 bits per heavy atom. The van der Waals surface area contributed by atoms with Crippen molar-refractivity contribution < 1.29 is 8.85 Å². The van der Waals surface area contributed by atoms with Crippen LogP contribution in [0.3, 0.4) is 0 Å². The normalized spacial score (nSPS) is 16.5. The summed E-state index contributed by atoms with van der Waals surface area (Å²) in [5.41, 5.74) is 0.423. The molecule has 0 fully saturated rings. The minimum Gasteiger partial charge on any atom is -0.400 e. The maximum atomic E-state index is 6.16. The number of halogens is 1. The van der Waals surface area contributed by atoms with E-state index in [1.54, 1.807) is 14.2 Å². The molecule has 0 N–H and O–H groups in total. The van der Waals surface area contributed by atoms with Gasteiger partial charge in [0.2, 0.25) is 0 Å². The highest BCUT2D eigenvalue weighted by atomic mass is 35.5. The molecule has 0 heterocycles. The summed E-state index contributed by atoms with van der Waals surface area (Å²) in [6, 6.07) is 0. The number of alkyl halides is 1. The predicted octanol–water partition coefficient (Wildman–Crippen LogP) is 2.30. The Morgan fingerprint density at radius 3 is 1.92 bits per heavy atom. The molecule has 0 bridgehead atoms. The standard InChI is InChI=1S/C8H19ClO2Si/c1-5-7(9)8(6-2)12(10-3)11-4/h7-8,12H,5-6H2,1-4H3. The lowest BCUT2D eigenvalue weighted by atomic mass is 10.2. The second-order valence-electron chi connectivity index (χ2n) is 2.84. The molecule has 0 aromatic heterocycles. The van der Waals surface area contributed by atoms with E-state index in [4.69, 9.17) is 20.5 Å². The molecule has 0 radical (unpaired) electrons. The number of hydrogen-bond donors (Lipinski definition) is 0. The second kappa shape index (κ2) is 6.89. The van der Waals surface area contributed by atoms with Crippen molar-refractivity contribution in [2.24, 2.45) is 0 Å². The summed E-state index contributed by atoms with van der Waals surface area (Å²) in [5.74, 6) is 0. The molecule has 2 atom stereocenters. The van der Waals surface area contributed by atoms with Crippen LogP contribution in [0.5, 0.6) is 0 Å². The van der Waals surface area contributed by atoms with E-state index in [1.165, 1.54) is 0 Å². The van der Waals surface area contributed by atoms with Crippen molar-refractivity contribution in [3.8, 4) is 0 Å². The smallest absolute Gasteiger partial charge is 0.325 e. The Morgan fingerprint density at radius 2 is 1.67 bits per heavy atom. The van der Waals surface area contributed by atoms with E-state index in [-0.39, 0.29) is 5.38 Å². The fourth-order valence-corrected chi connectivity index (χ4v) is 3.79.